The summed E-state index contributed by atoms with van der Waals surface area (Å²) in [6.45, 7) is 3.50. The summed E-state index contributed by atoms with van der Waals surface area (Å²) in [4.78, 5) is 0. The molecule has 1 atom stereocenters. The van der Waals surface area contributed by atoms with Gasteiger partial charge in [0.15, 0.2) is 0 Å². The highest BCUT2D eigenvalue weighted by atomic mass is 19.1. The summed E-state index contributed by atoms with van der Waals surface area (Å²) in [6.07, 6.45) is 2.12. The van der Waals surface area contributed by atoms with Crippen LogP contribution in [0.4, 0.5) is 8.78 Å². The van der Waals surface area contributed by atoms with Crippen molar-refractivity contribution in [3.8, 4) is 0 Å². The first-order valence-corrected chi connectivity index (χ1v) is 3.96. The van der Waals surface area contributed by atoms with Crippen LogP contribution >= 0.6 is 0 Å². The van der Waals surface area contributed by atoms with Gasteiger partial charge < -0.3 is 5.73 Å². The molecule has 0 spiro atoms. The van der Waals surface area contributed by atoms with E-state index in [0.29, 0.717) is 12.0 Å². The lowest BCUT2D eigenvalue weighted by atomic mass is 10.0. The lowest BCUT2D eigenvalue weighted by Crippen LogP contribution is -2.09. The lowest BCUT2D eigenvalue weighted by Gasteiger charge is -2.09. The maximum atomic E-state index is 12.7. The van der Waals surface area contributed by atoms with Crippen molar-refractivity contribution >= 4 is 0 Å². The molecule has 1 aromatic rings. The van der Waals surface area contributed by atoms with Crippen molar-refractivity contribution in [2.24, 2.45) is 5.73 Å². The van der Waals surface area contributed by atoms with Crippen LogP contribution in [0.2, 0.25) is 0 Å². The third-order valence-electron chi connectivity index (χ3n) is 1.73. The Hall–Kier alpha value is -1.22. The van der Waals surface area contributed by atoms with Gasteiger partial charge in [0.05, 0.1) is 0 Å². The Morgan fingerprint density at radius 3 is 2.31 bits per heavy atom. The molecule has 3 heteroatoms. The molecule has 70 valence electrons. The molecule has 0 saturated heterocycles. The summed E-state index contributed by atoms with van der Waals surface area (Å²) in [5.74, 6) is -1.20. The van der Waals surface area contributed by atoms with Crippen LogP contribution in [-0.4, -0.2) is 0 Å². The fraction of sp³-hybridized carbons (Fsp3) is 0.200. The number of halogens is 2. The van der Waals surface area contributed by atoms with Crippen molar-refractivity contribution in [2.75, 3.05) is 0 Å². The van der Waals surface area contributed by atoms with E-state index in [1.807, 2.05) is 0 Å². The third-order valence-corrected chi connectivity index (χ3v) is 1.73. The van der Waals surface area contributed by atoms with Crippen LogP contribution in [0.25, 0.3) is 0 Å². The minimum atomic E-state index is -0.602. The van der Waals surface area contributed by atoms with Crippen LogP contribution in [0.15, 0.2) is 30.9 Å². The van der Waals surface area contributed by atoms with Crippen molar-refractivity contribution in [1.82, 2.24) is 0 Å². The largest absolute Gasteiger partial charge is 0.324 e. The molecule has 0 aliphatic carbocycles. The Kier molecular flexibility index (Phi) is 3.14. The predicted octanol–water partition coefficient (Wildman–Crippen LogP) is 2.54. The van der Waals surface area contributed by atoms with E-state index in [1.165, 1.54) is 12.1 Å². The molecule has 1 rings (SSSR count). The van der Waals surface area contributed by atoms with E-state index in [2.05, 4.69) is 6.58 Å². The summed E-state index contributed by atoms with van der Waals surface area (Å²) >= 11 is 0. The molecule has 0 bridgehead atoms. The van der Waals surface area contributed by atoms with Crippen LogP contribution in [0.3, 0.4) is 0 Å². The first-order chi connectivity index (χ1) is 6.13. The van der Waals surface area contributed by atoms with Crippen molar-refractivity contribution in [2.45, 2.75) is 12.5 Å². The van der Waals surface area contributed by atoms with E-state index in [-0.39, 0.29) is 6.04 Å². The number of hydrogen-bond acceptors (Lipinski definition) is 1. The Morgan fingerprint density at radius 1 is 1.31 bits per heavy atom. The zero-order valence-electron chi connectivity index (χ0n) is 7.13. The van der Waals surface area contributed by atoms with Gasteiger partial charge >= 0.3 is 0 Å². The van der Waals surface area contributed by atoms with Gasteiger partial charge in [0, 0.05) is 12.1 Å². The molecule has 1 aromatic carbocycles. The van der Waals surface area contributed by atoms with Crippen molar-refractivity contribution in [3.63, 3.8) is 0 Å². The normalized spacial score (nSPS) is 12.5. The highest BCUT2D eigenvalue weighted by Crippen LogP contribution is 2.16. The molecule has 0 aliphatic rings. The van der Waals surface area contributed by atoms with E-state index < -0.39 is 11.6 Å². The van der Waals surface area contributed by atoms with Gasteiger partial charge in [-0.2, -0.15) is 0 Å². The van der Waals surface area contributed by atoms with Crippen LogP contribution < -0.4 is 5.73 Å². The van der Waals surface area contributed by atoms with Crippen LogP contribution in [0.1, 0.15) is 18.0 Å². The molecule has 1 nitrogen and oxygen atoms in total. The second-order valence-electron chi connectivity index (χ2n) is 2.83. The minimum absolute atomic E-state index is 0.386. The zero-order chi connectivity index (χ0) is 9.84. The molecule has 0 heterocycles. The summed E-state index contributed by atoms with van der Waals surface area (Å²) in [5, 5.41) is 0. The quantitative estimate of drug-likeness (QED) is 0.716. The van der Waals surface area contributed by atoms with Gasteiger partial charge in [-0.05, 0) is 24.1 Å². The van der Waals surface area contributed by atoms with Crippen LogP contribution in [0, 0.1) is 11.6 Å². The maximum absolute atomic E-state index is 12.7. The summed E-state index contributed by atoms with van der Waals surface area (Å²) < 4.78 is 25.4. The number of rotatable bonds is 3. The fourth-order valence-corrected chi connectivity index (χ4v) is 1.10. The fourth-order valence-electron chi connectivity index (χ4n) is 1.10. The molecule has 0 aromatic heterocycles. The van der Waals surface area contributed by atoms with Gasteiger partial charge in [-0.25, -0.2) is 8.78 Å². The monoisotopic (exact) mass is 183 g/mol. The van der Waals surface area contributed by atoms with E-state index in [0.717, 1.165) is 6.07 Å². The van der Waals surface area contributed by atoms with Gasteiger partial charge in [0.1, 0.15) is 11.6 Å². The molecule has 2 N–H and O–H groups in total. The topological polar surface area (TPSA) is 26.0 Å². The van der Waals surface area contributed by atoms with E-state index in [1.54, 1.807) is 6.08 Å². The van der Waals surface area contributed by atoms with Crippen LogP contribution in [0.5, 0.6) is 0 Å². The van der Waals surface area contributed by atoms with Crippen molar-refractivity contribution in [3.05, 3.63) is 48.1 Å². The molecule has 13 heavy (non-hydrogen) atoms. The SMILES string of the molecule is C=CC[C@H](N)c1cc(F)cc(F)c1. The van der Waals surface area contributed by atoms with Crippen molar-refractivity contribution < 1.29 is 8.78 Å². The van der Waals surface area contributed by atoms with Gasteiger partial charge in [-0.15, -0.1) is 6.58 Å². The van der Waals surface area contributed by atoms with E-state index >= 15 is 0 Å². The second-order valence-corrected chi connectivity index (χ2v) is 2.83. The molecule has 0 unspecified atom stereocenters. The Balaban J connectivity index is 2.93. The average Bonchev–Trinajstić information content (AvgIpc) is 2.03. The zero-order valence-corrected chi connectivity index (χ0v) is 7.13. The van der Waals surface area contributed by atoms with Crippen molar-refractivity contribution in [1.29, 1.82) is 0 Å². The maximum Gasteiger partial charge on any atom is 0.126 e. The lowest BCUT2D eigenvalue weighted by molar-refractivity contribution is 0.573. The summed E-state index contributed by atoms with van der Waals surface area (Å²) in [7, 11) is 0. The number of benzene rings is 1. The highest BCUT2D eigenvalue weighted by molar-refractivity contribution is 5.21. The van der Waals surface area contributed by atoms with Crippen LogP contribution in [-0.2, 0) is 0 Å². The molecule has 0 aliphatic heterocycles. The molecule has 0 saturated carbocycles. The Morgan fingerprint density at radius 2 is 1.85 bits per heavy atom. The smallest absolute Gasteiger partial charge is 0.126 e. The Bertz CT molecular complexity index is 290. The first-order valence-electron chi connectivity index (χ1n) is 3.96. The standard InChI is InChI=1S/C10H11F2N/c1-2-3-10(13)7-4-8(11)6-9(12)5-7/h2,4-6,10H,1,3,13H2/t10-/m0/s1. The molecular formula is C10H11F2N. The molecule has 0 radical (unpaired) electrons. The third kappa shape index (κ3) is 2.63. The average molecular weight is 183 g/mol. The first kappa shape index (κ1) is 9.86. The second kappa shape index (κ2) is 4.14. The molecule has 0 fully saturated rings. The van der Waals surface area contributed by atoms with Gasteiger partial charge in [0.2, 0.25) is 0 Å². The number of nitrogens with two attached hydrogens (primary N) is 1. The highest BCUT2D eigenvalue weighted by Gasteiger charge is 2.06. The van der Waals surface area contributed by atoms with Gasteiger partial charge in [0.25, 0.3) is 0 Å². The van der Waals surface area contributed by atoms with Gasteiger partial charge in [-0.1, -0.05) is 6.08 Å². The van der Waals surface area contributed by atoms with E-state index in [4.69, 9.17) is 5.73 Å². The molecule has 0 amide bonds. The summed E-state index contributed by atoms with van der Waals surface area (Å²) in [6, 6.07) is 2.90. The number of hydrogen-bond donors (Lipinski definition) is 1. The predicted molar refractivity (Wildman–Crippen MR) is 48.1 cm³/mol. The van der Waals surface area contributed by atoms with Gasteiger partial charge in [-0.3, -0.25) is 0 Å². The Labute approximate surface area is 75.9 Å². The molecular weight excluding hydrogens is 172 g/mol. The minimum Gasteiger partial charge on any atom is -0.324 e. The summed E-state index contributed by atoms with van der Waals surface area (Å²) in [5.41, 5.74) is 6.09. The van der Waals surface area contributed by atoms with E-state index in [9.17, 15) is 8.78 Å².